The van der Waals surface area contributed by atoms with Crippen LogP contribution in [-0.2, 0) is 23.7 Å². The molecule has 0 aromatic heterocycles. The van der Waals surface area contributed by atoms with E-state index in [1.54, 1.807) is 0 Å². The fraction of sp³-hybridized carbons (Fsp3) is 1.00. The van der Waals surface area contributed by atoms with E-state index >= 15 is 0 Å². The van der Waals surface area contributed by atoms with Gasteiger partial charge in [-0.15, -0.1) is 0 Å². The van der Waals surface area contributed by atoms with Gasteiger partial charge in [0, 0.05) is 22.6 Å². The summed E-state index contributed by atoms with van der Waals surface area (Å²) in [4.78, 5) is 2.47. The summed E-state index contributed by atoms with van der Waals surface area (Å²) < 4.78 is 70.7. The van der Waals surface area contributed by atoms with E-state index in [1.807, 2.05) is 0 Å². The van der Waals surface area contributed by atoms with Gasteiger partial charge < -0.3 is 33.9 Å². The van der Waals surface area contributed by atoms with E-state index in [2.05, 4.69) is 39.5 Å². The lowest BCUT2D eigenvalue weighted by Gasteiger charge is -2.64. The summed E-state index contributed by atoms with van der Waals surface area (Å²) in [6.45, 7) is 12.9. The molecule has 8 fully saturated rings. The van der Waals surface area contributed by atoms with Gasteiger partial charge in [0.2, 0.25) is 0 Å². The van der Waals surface area contributed by atoms with Gasteiger partial charge in [0.1, 0.15) is 6.10 Å². The molecule has 0 radical (unpaired) electrons. The monoisotopic (exact) mass is 665 g/mol. The van der Waals surface area contributed by atoms with Gasteiger partial charge in [-0.1, -0.05) is 34.6 Å². The van der Waals surface area contributed by atoms with Crippen molar-refractivity contribution in [2.24, 2.45) is 50.7 Å². The van der Waals surface area contributed by atoms with Gasteiger partial charge in [-0.3, -0.25) is 4.90 Å². The molecule has 0 aromatic carbocycles. The average Bonchev–Trinajstić information content (AvgIpc) is 3.64. The van der Waals surface area contributed by atoms with E-state index in [0.29, 0.717) is 30.9 Å². The van der Waals surface area contributed by atoms with Crippen LogP contribution in [0, 0.1) is 50.7 Å². The Kier molecular flexibility index (Phi) is 6.67. The SMILES string of the molecule is [2H]C([2H])([2H])C([2H])([2H])O[C@@H]([C@H]1C[C@@H](C)[C@H]2[C@H](O1)[C@H](O)[C@@]1(C)[C@@H]3CC[C@H]4C(C)(C)[C@@H](O[C@H]5CN(C6COC6)CCO5)CC[C@@]45C[C@@]35CC[C@]21C)C(C)(C)O. The summed E-state index contributed by atoms with van der Waals surface area (Å²) in [5, 5.41) is 23.9. The minimum atomic E-state index is -3.04. The zero-order valence-electron chi connectivity index (χ0n) is 34.9. The van der Waals surface area contributed by atoms with Crippen molar-refractivity contribution in [1.82, 2.24) is 4.90 Å². The van der Waals surface area contributed by atoms with E-state index in [9.17, 15) is 10.2 Å². The molecule has 8 heteroatoms. The predicted octanol–water partition coefficient (Wildman–Crippen LogP) is 5.42. The van der Waals surface area contributed by atoms with E-state index in [0.717, 1.165) is 64.8 Å². The van der Waals surface area contributed by atoms with E-state index in [1.165, 1.54) is 20.3 Å². The van der Waals surface area contributed by atoms with Crippen molar-refractivity contribution in [1.29, 1.82) is 0 Å². The highest BCUT2D eigenvalue weighted by molar-refractivity contribution is 5.33. The Labute approximate surface area is 291 Å². The molecule has 0 aromatic rings. The third-order valence-corrected chi connectivity index (χ3v) is 16.5. The smallest absolute Gasteiger partial charge is 0.170 e. The first-order valence-corrected chi connectivity index (χ1v) is 18.9. The molecule has 3 heterocycles. The predicted molar refractivity (Wildman–Crippen MR) is 179 cm³/mol. The number of morpholine rings is 1. The molecule has 8 nitrogen and oxygen atoms in total. The fourth-order valence-corrected chi connectivity index (χ4v) is 14.2. The van der Waals surface area contributed by atoms with Crippen LogP contribution in [0.2, 0.25) is 0 Å². The summed E-state index contributed by atoms with van der Waals surface area (Å²) in [5.74, 6) is 1.07. The van der Waals surface area contributed by atoms with Crippen molar-refractivity contribution in [3.05, 3.63) is 0 Å². The van der Waals surface area contributed by atoms with E-state index in [-0.39, 0.29) is 45.9 Å². The van der Waals surface area contributed by atoms with Crippen LogP contribution in [-0.4, -0.2) is 103 Å². The third-order valence-electron chi connectivity index (χ3n) is 16.5. The standard InChI is InChI=1S/C39H65NO7/c1-9-44-33(35(5,6)42)25-18-23(2)30-31(46-25)32(41)37(8)27-11-10-26-34(3,4)28(47-29-19-40(16-17-45-29)24-20-43-21-24)12-13-38(26)22-39(27,38)15-14-36(30,37)7/h23-33,41-42H,9-22H2,1-8H3/t23-,25-,26+,27+,28+,29+,30+,31+,32+,33+,36-,37-,38-,39+/m1/s1/i1D3,9D2. The largest absolute Gasteiger partial charge is 0.390 e. The van der Waals surface area contributed by atoms with Crippen molar-refractivity contribution in [3.8, 4) is 0 Å². The Morgan fingerprint density at radius 2 is 1.81 bits per heavy atom. The zero-order valence-corrected chi connectivity index (χ0v) is 29.9. The maximum atomic E-state index is 12.7. The minimum Gasteiger partial charge on any atom is -0.390 e. The molecule has 0 amide bonds. The lowest BCUT2D eigenvalue weighted by molar-refractivity contribution is -0.256. The molecule has 47 heavy (non-hydrogen) atoms. The number of aliphatic hydroxyl groups excluding tert-OH is 1. The van der Waals surface area contributed by atoms with Crippen molar-refractivity contribution < 1.29 is 40.8 Å². The summed E-state index contributed by atoms with van der Waals surface area (Å²) in [5.41, 5.74) is -1.71. The zero-order chi connectivity index (χ0) is 37.7. The van der Waals surface area contributed by atoms with E-state index < -0.39 is 48.8 Å². The third kappa shape index (κ3) is 4.53. The van der Waals surface area contributed by atoms with Crippen LogP contribution in [0.25, 0.3) is 0 Å². The van der Waals surface area contributed by atoms with Gasteiger partial charge in [-0.25, -0.2) is 0 Å². The molecule has 3 aliphatic heterocycles. The summed E-state index contributed by atoms with van der Waals surface area (Å²) in [6.07, 6.45) is 4.90. The molecular formula is C39H65NO7. The van der Waals surface area contributed by atoms with Gasteiger partial charge >= 0.3 is 0 Å². The Morgan fingerprint density at radius 1 is 1.06 bits per heavy atom. The Balaban J connectivity index is 1.02. The van der Waals surface area contributed by atoms with Crippen LogP contribution < -0.4 is 0 Å². The van der Waals surface area contributed by atoms with Crippen LogP contribution in [0.4, 0.5) is 0 Å². The lowest BCUT2D eigenvalue weighted by atomic mass is 9.41. The normalized spacial score (nSPS) is 55.3. The van der Waals surface area contributed by atoms with Gasteiger partial charge in [0.15, 0.2) is 6.29 Å². The maximum Gasteiger partial charge on any atom is 0.170 e. The number of hydrogen-bond acceptors (Lipinski definition) is 8. The number of hydrogen-bond donors (Lipinski definition) is 2. The highest BCUT2D eigenvalue weighted by atomic mass is 16.7. The number of rotatable bonds is 7. The van der Waals surface area contributed by atoms with Crippen molar-refractivity contribution in [2.45, 2.75) is 155 Å². The first-order valence-electron chi connectivity index (χ1n) is 21.4. The Hall–Kier alpha value is -0.320. The summed E-state index contributed by atoms with van der Waals surface area (Å²) >= 11 is 0. The van der Waals surface area contributed by atoms with Gasteiger partial charge in [0.05, 0.1) is 65.2 Å². The van der Waals surface area contributed by atoms with Crippen LogP contribution in [0.1, 0.15) is 114 Å². The minimum absolute atomic E-state index is 0.00150. The van der Waals surface area contributed by atoms with Crippen LogP contribution in [0.3, 0.4) is 0 Å². The number of ether oxygens (including phenoxy) is 5. The average molecular weight is 665 g/mol. The molecule has 0 unspecified atom stereocenters. The van der Waals surface area contributed by atoms with Crippen molar-refractivity contribution in [2.75, 3.05) is 39.5 Å². The second-order valence-electron chi connectivity index (χ2n) is 19.0. The molecule has 5 aliphatic carbocycles. The summed E-state index contributed by atoms with van der Waals surface area (Å²) in [7, 11) is 0. The highest BCUT2D eigenvalue weighted by Gasteiger charge is 2.84. The van der Waals surface area contributed by atoms with Gasteiger partial charge in [-0.2, -0.15) is 0 Å². The molecule has 3 saturated heterocycles. The number of aliphatic hydroxyl groups is 2. The Bertz CT molecular complexity index is 1390. The van der Waals surface area contributed by atoms with Gasteiger partial charge in [0.25, 0.3) is 0 Å². The summed E-state index contributed by atoms with van der Waals surface area (Å²) in [6, 6.07) is 0.482. The number of nitrogens with zero attached hydrogens (tertiary/aromatic N) is 1. The molecule has 0 bridgehead atoms. The molecule has 5 saturated carbocycles. The van der Waals surface area contributed by atoms with Crippen LogP contribution >= 0.6 is 0 Å². The lowest BCUT2D eigenvalue weighted by Crippen LogP contribution is -2.60. The van der Waals surface area contributed by atoms with Crippen LogP contribution in [0.5, 0.6) is 0 Å². The second-order valence-corrected chi connectivity index (χ2v) is 19.0. The molecule has 8 rings (SSSR count). The molecule has 2 N–H and O–H groups in total. The topological polar surface area (TPSA) is 89.9 Å². The first-order chi connectivity index (χ1) is 24.0. The van der Waals surface area contributed by atoms with Gasteiger partial charge in [-0.05, 0) is 117 Å². The molecule has 268 valence electrons. The second kappa shape index (κ2) is 11.1. The molecule has 8 aliphatic rings. The van der Waals surface area contributed by atoms with Crippen LogP contribution in [0.15, 0.2) is 0 Å². The first kappa shape index (κ1) is 28.3. The molecular weight excluding hydrogens is 594 g/mol. The van der Waals surface area contributed by atoms with Crippen molar-refractivity contribution in [3.63, 3.8) is 0 Å². The quantitative estimate of drug-likeness (QED) is 0.373. The molecule has 2 spiro atoms. The van der Waals surface area contributed by atoms with Crippen molar-refractivity contribution >= 4 is 0 Å². The fourth-order valence-electron chi connectivity index (χ4n) is 14.2. The molecule has 14 atom stereocenters. The maximum absolute atomic E-state index is 12.7. The Morgan fingerprint density at radius 3 is 2.51 bits per heavy atom. The highest BCUT2D eigenvalue weighted by Crippen LogP contribution is 2.89. The van der Waals surface area contributed by atoms with E-state index in [4.69, 9.17) is 30.5 Å². The number of fused-ring (bicyclic) bond motifs is 4.